The van der Waals surface area contributed by atoms with Crippen molar-refractivity contribution in [1.29, 1.82) is 0 Å². The highest BCUT2D eigenvalue weighted by Gasteiger charge is 2.30. The fourth-order valence-corrected chi connectivity index (χ4v) is 3.10. The van der Waals surface area contributed by atoms with Crippen molar-refractivity contribution in [3.8, 4) is 5.75 Å². The van der Waals surface area contributed by atoms with E-state index in [1.165, 1.54) is 19.3 Å². The van der Waals surface area contributed by atoms with Crippen LogP contribution in [0.25, 0.3) is 6.08 Å². The zero-order valence-corrected chi connectivity index (χ0v) is 13.2. The molecule has 0 spiro atoms. The van der Waals surface area contributed by atoms with E-state index in [0.29, 0.717) is 22.4 Å². The van der Waals surface area contributed by atoms with E-state index >= 15 is 0 Å². The lowest BCUT2D eigenvalue weighted by Gasteiger charge is -2.19. The van der Waals surface area contributed by atoms with Crippen molar-refractivity contribution >= 4 is 29.5 Å². The number of hydrogen-bond donors (Lipinski definition) is 0. The number of methoxy groups -OCH3 is 1. The van der Waals surface area contributed by atoms with Crippen LogP contribution < -0.4 is 4.74 Å². The molecule has 0 amide bonds. The van der Waals surface area contributed by atoms with Gasteiger partial charge in [0.25, 0.3) is 0 Å². The molecule has 0 atom stereocenters. The van der Waals surface area contributed by atoms with Crippen LogP contribution >= 0.6 is 11.6 Å². The molecule has 0 bridgehead atoms. The first-order chi connectivity index (χ1) is 10.7. The topological polar surface area (TPSA) is 47.9 Å². The molecule has 1 aliphatic heterocycles. The number of esters is 1. The lowest BCUT2D eigenvalue weighted by atomic mass is 9.89. The molecule has 0 saturated heterocycles. The van der Waals surface area contributed by atoms with E-state index in [0.717, 1.165) is 18.4 Å². The Morgan fingerprint density at radius 3 is 2.82 bits per heavy atom. The highest BCUT2D eigenvalue weighted by molar-refractivity contribution is 6.30. The summed E-state index contributed by atoms with van der Waals surface area (Å²) in [4.78, 5) is 16.4. The third-order valence-electron chi connectivity index (χ3n) is 4.08. The maximum Gasteiger partial charge on any atom is 0.363 e. The van der Waals surface area contributed by atoms with Crippen molar-refractivity contribution < 1.29 is 14.3 Å². The Morgan fingerprint density at radius 1 is 1.32 bits per heavy atom. The molecular formula is C17H18ClNO3. The van der Waals surface area contributed by atoms with Gasteiger partial charge in [-0.2, -0.15) is 0 Å². The molecule has 1 heterocycles. The standard InChI is InChI=1S/C17H18ClNO3/c1-21-15-8-7-13(18)9-12(15)10-14-17(20)22-16(19-14)11-5-3-2-4-6-11/h7-11H,2-6H2,1H3/b14-10+. The summed E-state index contributed by atoms with van der Waals surface area (Å²) in [6.45, 7) is 0. The number of nitrogens with zero attached hydrogens (tertiary/aromatic N) is 1. The van der Waals surface area contributed by atoms with Crippen molar-refractivity contribution in [2.24, 2.45) is 10.9 Å². The Hall–Kier alpha value is -1.81. The van der Waals surface area contributed by atoms with Crippen LogP contribution in [-0.2, 0) is 9.53 Å². The normalized spacial score (nSPS) is 20.9. The SMILES string of the molecule is COc1ccc(Cl)cc1/C=C1/N=C(C2CCCCC2)OC1=O. The predicted octanol–water partition coefficient (Wildman–Crippen LogP) is 4.23. The van der Waals surface area contributed by atoms with Crippen molar-refractivity contribution in [3.63, 3.8) is 0 Å². The number of hydrogen-bond acceptors (Lipinski definition) is 4. The van der Waals surface area contributed by atoms with Crippen LogP contribution in [0.15, 0.2) is 28.9 Å². The van der Waals surface area contributed by atoms with E-state index in [-0.39, 0.29) is 5.92 Å². The molecule has 1 saturated carbocycles. The molecule has 22 heavy (non-hydrogen) atoms. The highest BCUT2D eigenvalue weighted by Crippen LogP contribution is 2.31. The number of carbonyl (C=O) groups is 1. The summed E-state index contributed by atoms with van der Waals surface area (Å²) in [6.07, 6.45) is 7.34. The lowest BCUT2D eigenvalue weighted by Crippen LogP contribution is -2.19. The largest absolute Gasteiger partial charge is 0.496 e. The Labute approximate surface area is 134 Å². The summed E-state index contributed by atoms with van der Waals surface area (Å²) in [5.41, 5.74) is 1.02. The predicted molar refractivity (Wildman–Crippen MR) is 86.1 cm³/mol. The summed E-state index contributed by atoms with van der Waals surface area (Å²) < 4.78 is 10.6. The van der Waals surface area contributed by atoms with Crippen LogP contribution in [0.3, 0.4) is 0 Å². The third kappa shape index (κ3) is 3.17. The molecule has 3 rings (SSSR count). The Morgan fingerprint density at radius 2 is 2.09 bits per heavy atom. The monoisotopic (exact) mass is 319 g/mol. The fourth-order valence-electron chi connectivity index (χ4n) is 2.92. The summed E-state index contributed by atoms with van der Waals surface area (Å²) in [5.74, 6) is 1.08. The van der Waals surface area contributed by atoms with Crippen LogP contribution in [0.2, 0.25) is 5.02 Å². The minimum atomic E-state index is -0.400. The molecule has 0 unspecified atom stereocenters. The van der Waals surface area contributed by atoms with Gasteiger partial charge >= 0.3 is 5.97 Å². The number of carbonyl (C=O) groups excluding carboxylic acids is 1. The zero-order valence-electron chi connectivity index (χ0n) is 12.5. The van der Waals surface area contributed by atoms with Gasteiger partial charge in [-0.05, 0) is 37.1 Å². The minimum Gasteiger partial charge on any atom is -0.496 e. The van der Waals surface area contributed by atoms with Crippen LogP contribution in [0, 0.1) is 5.92 Å². The highest BCUT2D eigenvalue weighted by atomic mass is 35.5. The second kappa shape index (κ2) is 6.53. The Kier molecular flexibility index (Phi) is 4.48. The summed E-state index contributed by atoms with van der Waals surface area (Å²) in [6, 6.07) is 5.25. The van der Waals surface area contributed by atoms with E-state index < -0.39 is 5.97 Å². The summed E-state index contributed by atoms with van der Waals surface area (Å²) in [5, 5.41) is 0.579. The third-order valence-corrected chi connectivity index (χ3v) is 4.31. The molecule has 1 fully saturated rings. The number of rotatable bonds is 3. The van der Waals surface area contributed by atoms with Gasteiger partial charge in [0, 0.05) is 16.5 Å². The molecule has 0 radical (unpaired) electrons. The van der Waals surface area contributed by atoms with E-state index in [4.69, 9.17) is 21.1 Å². The van der Waals surface area contributed by atoms with E-state index in [9.17, 15) is 4.79 Å². The quantitative estimate of drug-likeness (QED) is 0.619. The lowest BCUT2D eigenvalue weighted by molar-refractivity contribution is -0.130. The first-order valence-electron chi connectivity index (χ1n) is 7.53. The van der Waals surface area contributed by atoms with Crippen molar-refractivity contribution in [1.82, 2.24) is 0 Å². The second-order valence-electron chi connectivity index (χ2n) is 5.59. The number of aliphatic imine (C=N–C) groups is 1. The molecule has 4 nitrogen and oxygen atoms in total. The van der Waals surface area contributed by atoms with Crippen LogP contribution in [0.5, 0.6) is 5.75 Å². The van der Waals surface area contributed by atoms with E-state index in [1.54, 1.807) is 31.4 Å². The average molecular weight is 320 g/mol. The van der Waals surface area contributed by atoms with Crippen LogP contribution in [0.4, 0.5) is 0 Å². The van der Waals surface area contributed by atoms with Crippen molar-refractivity contribution in [3.05, 3.63) is 34.5 Å². The molecule has 0 aromatic heterocycles. The summed E-state index contributed by atoms with van der Waals surface area (Å²) >= 11 is 6.01. The van der Waals surface area contributed by atoms with Crippen molar-refractivity contribution in [2.45, 2.75) is 32.1 Å². The number of halogens is 1. The zero-order chi connectivity index (χ0) is 15.5. The molecule has 5 heteroatoms. The Balaban J connectivity index is 1.89. The molecule has 116 valence electrons. The first kappa shape index (κ1) is 15.1. The van der Waals surface area contributed by atoms with Gasteiger partial charge in [-0.25, -0.2) is 9.79 Å². The van der Waals surface area contributed by atoms with Gasteiger partial charge in [0.15, 0.2) is 5.70 Å². The molecule has 1 aromatic rings. The number of cyclic esters (lactones) is 1. The fraction of sp³-hybridized carbons (Fsp3) is 0.412. The Bertz CT molecular complexity index is 645. The number of benzene rings is 1. The van der Waals surface area contributed by atoms with Gasteiger partial charge in [0.2, 0.25) is 5.90 Å². The average Bonchev–Trinajstić information content (AvgIpc) is 2.90. The number of ether oxygens (including phenoxy) is 2. The molecule has 1 aliphatic carbocycles. The first-order valence-corrected chi connectivity index (χ1v) is 7.91. The van der Waals surface area contributed by atoms with Gasteiger partial charge in [-0.3, -0.25) is 0 Å². The van der Waals surface area contributed by atoms with Gasteiger partial charge in [-0.1, -0.05) is 30.9 Å². The van der Waals surface area contributed by atoms with Gasteiger partial charge in [0.05, 0.1) is 7.11 Å². The van der Waals surface area contributed by atoms with Gasteiger partial charge in [-0.15, -0.1) is 0 Å². The smallest absolute Gasteiger partial charge is 0.363 e. The maximum absolute atomic E-state index is 12.0. The van der Waals surface area contributed by atoms with Crippen molar-refractivity contribution in [2.75, 3.05) is 7.11 Å². The summed E-state index contributed by atoms with van der Waals surface area (Å²) in [7, 11) is 1.58. The van der Waals surface area contributed by atoms with Crippen LogP contribution in [0.1, 0.15) is 37.7 Å². The second-order valence-corrected chi connectivity index (χ2v) is 6.03. The van der Waals surface area contributed by atoms with E-state index in [1.807, 2.05) is 0 Å². The van der Waals surface area contributed by atoms with E-state index in [2.05, 4.69) is 4.99 Å². The van der Waals surface area contributed by atoms with Gasteiger partial charge < -0.3 is 9.47 Å². The molecule has 2 aliphatic rings. The minimum absolute atomic E-state index is 0.268. The molecule has 0 N–H and O–H groups in total. The maximum atomic E-state index is 12.0. The van der Waals surface area contributed by atoms with Crippen LogP contribution in [-0.4, -0.2) is 19.0 Å². The molecule has 1 aromatic carbocycles. The molecular weight excluding hydrogens is 302 g/mol. The van der Waals surface area contributed by atoms with Gasteiger partial charge in [0.1, 0.15) is 5.75 Å².